The monoisotopic (exact) mass is 180 g/mol. The van der Waals surface area contributed by atoms with Gasteiger partial charge in [0.1, 0.15) is 0 Å². The lowest BCUT2D eigenvalue weighted by atomic mass is 10.1. The predicted molar refractivity (Wildman–Crippen MR) is 42.6 cm³/mol. The lowest BCUT2D eigenvalue weighted by molar-refractivity contribution is 0.0645. The van der Waals surface area contributed by atoms with E-state index in [4.69, 9.17) is 11.6 Å². The van der Waals surface area contributed by atoms with Crippen molar-refractivity contribution in [3.8, 4) is 0 Å². The van der Waals surface area contributed by atoms with Crippen LogP contribution in [-0.4, -0.2) is 18.8 Å². The maximum atomic E-state index is 10.5. The summed E-state index contributed by atoms with van der Waals surface area (Å²) in [6.07, 6.45) is 0.151. The molecule has 0 unspecified atom stereocenters. The molecule has 66 valence electrons. The molecule has 0 aliphatic rings. The van der Waals surface area contributed by atoms with Gasteiger partial charge in [-0.1, -0.05) is 25.4 Å². The minimum absolute atomic E-state index is 0.152. The summed E-state index contributed by atoms with van der Waals surface area (Å²) in [6.45, 7) is 4.50. The largest absolute Gasteiger partial charge is 0.509 e. The molecule has 4 heteroatoms. The molecule has 0 fully saturated rings. The van der Waals surface area contributed by atoms with Gasteiger partial charge < -0.3 is 9.47 Å². The van der Waals surface area contributed by atoms with Gasteiger partial charge in [-0.3, -0.25) is 0 Å². The topological polar surface area (TPSA) is 35.5 Å². The molecule has 0 radical (unpaired) electrons. The molecule has 11 heavy (non-hydrogen) atoms. The Morgan fingerprint density at radius 1 is 1.45 bits per heavy atom. The lowest BCUT2D eigenvalue weighted by Crippen LogP contribution is -2.08. The van der Waals surface area contributed by atoms with Crippen molar-refractivity contribution in [1.82, 2.24) is 0 Å². The third-order valence-corrected chi connectivity index (χ3v) is 1.20. The highest BCUT2D eigenvalue weighted by molar-refractivity contribution is 6.17. The molecule has 0 saturated carbocycles. The molecule has 0 rings (SSSR count). The molecule has 0 N–H and O–H groups in total. The third kappa shape index (κ3) is 7.46. The van der Waals surface area contributed by atoms with Crippen molar-refractivity contribution in [2.75, 3.05) is 12.7 Å². The molecule has 0 spiro atoms. The van der Waals surface area contributed by atoms with Gasteiger partial charge in [0.05, 0.1) is 6.61 Å². The van der Waals surface area contributed by atoms with Crippen LogP contribution in [0, 0.1) is 5.92 Å². The van der Waals surface area contributed by atoms with Crippen molar-refractivity contribution in [3.63, 3.8) is 0 Å². The number of rotatable bonds is 4. The molecule has 0 saturated heterocycles. The molecular formula is C7H13ClO3. The van der Waals surface area contributed by atoms with E-state index in [-0.39, 0.29) is 6.07 Å². The fourth-order valence-corrected chi connectivity index (χ4v) is 0.553. The summed E-state index contributed by atoms with van der Waals surface area (Å²) in [5, 5.41) is 0. The molecule has 0 aromatic heterocycles. The van der Waals surface area contributed by atoms with Crippen molar-refractivity contribution < 1.29 is 14.3 Å². The van der Waals surface area contributed by atoms with Crippen LogP contribution in [0.1, 0.15) is 20.3 Å². The van der Waals surface area contributed by atoms with Crippen LogP contribution in [0.25, 0.3) is 0 Å². The number of ether oxygens (including phenoxy) is 2. The Balaban J connectivity index is 3.17. The van der Waals surface area contributed by atoms with Crippen LogP contribution in [0.3, 0.4) is 0 Å². The van der Waals surface area contributed by atoms with Crippen LogP contribution < -0.4 is 0 Å². The molecule has 0 aliphatic carbocycles. The van der Waals surface area contributed by atoms with E-state index < -0.39 is 6.16 Å². The maximum absolute atomic E-state index is 10.5. The number of hydrogen-bond acceptors (Lipinski definition) is 3. The summed E-state index contributed by atoms with van der Waals surface area (Å²) in [6, 6.07) is -0.152. The standard InChI is InChI=1S/C7H13ClO3/c1-6(2)3-4-10-7(9)11-5-8/h6H,3-5H2,1-2H3. The summed E-state index contributed by atoms with van der Waals surface area (Å²) in [5.74, 6) is 0.527. The van der Waals surface area contributed by atoms with E-state index in [1.54, 1.807) is 0 Å². The summed E-state index contributed by atoms with van der Waals surface area (Å²) in [4.78, 5) is 10.5. The first kappa shape index (κ1) is 10.6. The SMILES string of the molecule is CC(C)CCOC(=O)OCCl. The smallest absolute Gasteiger partial charge is 0.434 e. The van der Waals surface area contributed by atoms with Crippen molar-refractivity contribution in [2.45, 2.75) is 20.3 Å². The van der Waals surface area contributed by atoms with Gasteiger partial charge in [0.2, 0.25) is 0 Å². The average Bonchev–Trinajstić information content (AvgIpc) is 1.87. The van der Waals surface area contributed by atoms with Crippen molar-refractivity contribution in [1.29, 1.82) is 0 Å². The van der Waals surface area contributed by atoms with Crippen molar-refractivity contribution >= 4 is 17.8 Å². The van der Waals surface area contributed by atoms with Gasteiger partial charge in [0.15, 0.2) is 6.07 Å². The third-order valence-electron chi connectivity index (χ3n) is 1.09. The van der Waals surface area contributed by atoms with E-state index in [9.17, 15) is 4.79 Å². The maximum Gasteiger partial charge on any atom is 0.509 e. The highest BCUT2D eigenvalue weighted by Gasteiger charge is 2.02. The minimum Gasteiger partial charge on any atom is -0.434 e. The summed E-state index contributed by atoms with van der Waals surface area (Å²) in [7, 11) is 0. The molecule has 0 amide bonds. The number of carbonyl (C=O) groups excluding carboxylic acids is 1. The average molecular weight is 181 g/mol. The quantitative estimate of drug-likeness (QED) is 0.492. The van der Waals surface area contributed by atoms with Crippen LogP contribution >= 0.6 is 11.6 Å². The van der Waals surface area contributed by atoms with Gasteiger partial charge in [-0.2, -0.15) is 0 Å². The molecule has 0 bridgehead atoms. The molecule has 0 heterocycles. The Bertz CT molecular complexity index is 114. The van der Waals surface area contributed by atoms with E-state index in [1.807, 2.05) is 0 Å². The zero-order valence-corrected chi connectivity index (χ0v) is 7.56. The van der Waals surface area contributed by atoms with E-state index in [1.165, 1.54) is 0 Å². The Morgan fingerprint density at radius 3 is 2.55 bits per heavy atom. The zero-order valence-electron chi connectivity index (χ0n) is 6.80. The second-order valence-corrected chi connectivity index (χ2v) is 2.75. The van der Waals surface area contributed by atoms with E-state index in [2.05, 4.69) is 23.3 Å². The Morgan fingerprint density at radius 2 is 2.09 bits per heavy atom. The summed E-state index contributed by atoms with van der Waals surface area (Å²) >= 11 is 5.11. The number of hydrogen-bond donors (Lipinski definition) is 0. The Hall–Kier alpha value is -0.440. The van der Waals surface area contributed by atoms with Crippen LogP contribution in [0.5, 0.6) is 0 Å². The molecule has 0 aliphatic heterocycles. The molecule has 0 aromatic carbocycles. The van der Waals surface area contributed by atoms with Crippen molar-refractivity contribution in [2.24, 2.45) is 5.92 Å². The van der Waals surface area contributed by atoms with E-state index >= 15 is 0 Å². The minimum atomic E-state index is -0.694. The van der Waals surface area contributed by atoms with Crippen LogP contribution in [0.2, 0.25) is 0 Å². The molecular weight excluding hydrogens is 168 g/mol. The summed E-state index contributed by atoms with van der Waals surface area (Å²) < 4.78 is 8.98. The van der Waals surface area contributed by atoms with Gasteiger partial charge in [-0.15, -0.1) is 0 Å². The van der Waals surface area contributed by atoms with Crippen LogP contribution in [0.15, 0.2) is 0 Å². The fraction of sp³-hybridized carbons (Fsp3) is 0.857. The number of halogens is 1. The van der Waals surface area contributed by atoms with Gasteiger partial charge in [0, 0.05) is 0 Å². The van der Waals surface area contributed by atoms with Gasteiger partial charge >= 0.3 is 6.16 Å². The predicted octanol–water partition coefficient (Wildman–Crippen LogP) is 2.38. The van der Waals surface area contributed by atoms with Crippen molar-refractivity contribution in [3.05, 3.63) is 0 Å². The number of carbonyl (C=O) groups is 1. The highest BCUT2D eigenvalue weighted by atomic mass is 35.5. The van der Waals surface area contributed by atoms with E-state index in [0.29, 0.717) is 12.5 Å². The first-order valence-electron chi connectivity index (χ1n) is 3.52. The lowest BCUT2D eigenvalue weighted by Gasteiger charge is -2.05. The van der Waals surface area contributed by atoms with Gasteiger partial charge in [-0.05, 0) is 12.3 Å². The molecule has 0 aromatic rings. The number of alkyl halides is 1. The highest BCUT2D eigenvalue weighted by Crippen LogP contribution is 1.99. The van der Waals surface area contributed by atoms with E-state index in [0.717, 1.165) is 6.42 Å². The summed E-state index contributed by atoms with van der Waals surface area (Å²) in [5.41, 5.74) is 0. The first-order chi connectivity index (χ1) is 5.16. The van der Waals surface area contributed by atoms with Gasteiger partial charge in [0.25, 0.3) is 0 Å². The van der Waals surface area contributed by atoms with Gasteiger partial charge in [-0.25, -0.2) is 4.79 Å². The second-order valence-electron chi connectivity index (χ2n) is 2.53. The Labute approximate surface area is 71.6 Å². The molecule has 0 atom stereocenters. The van der Waals surface area contributed by atoms with Crippen LogP contribution in [0.4, 0.5) is 4.79 Å². The fourth-order valence-electron chi connectivity index (χ4n) is 0.464. The zero-order chi connectivity index (χ0) is 8.69. The molecule has 3 nitrogen and oxygen atoms in total. The Kier molecular flexibility index (Phi) is 6.03. The first-order valence-corrected chi connectivity index (χ1v) is 4.05. The second kappa shape index (κ2) is 6.28. The normalized spacial score (nSPS) is 9.82. The van der Waals surface area contributed by atoms with Crippen LogP contribution in [-0.2, 0) is 9.47 Å².